The fourth-order valence-corrected chi connectivity index (χ4v) is 1.71. The molecule has 4 nitrogen and oxygen atoms in total. The number of nitrogens with one attached hydrogen (secondary N) is 1. The standard InChI is InChI=1S/C13H11ClN2O2/c1-8-4-2-3-5-11(8)16-12-6-9(13(17)18)10(14)7-15-12/h2-7H,1H3,(H,15,16)(H,17,18). The van der Waals surface area contributed by atoms with Crippen LogP contribution in [0.4, 0.5) is 11.5 Å². The van der Waals surface area contributed by atoms with Crippen LogP contribution in [0, 0.1) is 6.92 Å². The second-order valence-electron chi connectivity index (χ2n) is 3.79. The first-order chi connectivity index (χ1) is 8.58. The summed E-state index contributed by atoms with van der Waals surface area (Å²) in [6.45, 7) is 1.95. The number of aromatic nitrogens is 1. The number of carboxylic acid groups (broad SMARTS) is 1. The minimum atomic E-state index is -1.07. The highest BCUT2D eigenvalue weighted by Gasteiger charge is 2.10. The average Bonchev–Trinajstić information content (AvgIpc) is 2.34. The summed E-state index contributed by atoms with van der Waals surface area (Å²) < 4.78 is 0. The molecule has 0 radical (unpaired) electrons. The van der Waals surface area contributed by atoms with Crippen LogP contribution in [-0.2, 0) is 0 Å². The molecule has 2 rings (SSSR count). The summed E-state index contributed by atoms with van der Waals surface area (Å²) in [5.74, 6) is -0.624. The highest BCUT2D eigenvalue weighted by Crippen LogP contribution is 2.22. The highest BCUT2D eigenvalue weighted by atomic mass is 35.5. The maximum Gasteiger partial charge on any atom is 0.337 e. The van der Waals surface area contributed by atoms with Gasteiger partial charge in [-0.2, -0.15) is 0 Å². The van der Waals surface area contributed by atoms with Crippen molar-refractivity contribution < 1.29 is 9.90 Å². The van der Waals surface area contributed by atoms with Crippen molar-refractivity contribution >= 4 is 29.1 Å². The number of anilines is 2. The lowest BCUT2D eigenvalue weighted by molar-refractivity contribution is 0.0697. The van der Waals surface area contributed by atoms with Gasteiger partial charge in [-0.3, -0.25) is 0 Å². The number of halogens is 1. The molecule has 0 fully saturated rings. The summed E-state index contributed by atoms with van der Waals surface area (Å²) >= 11 is 5.75. The Bertz CT molecular complexity index is 599. The van der Waals surface area contributed by atoms with E-state index in [0.29, 0.717) is 5.82 Å². The van der Waals surface area contributed by atoms with E-state index in [0.717, 1.165) is 11.3 Å². The van der Waals surface area contributed by atoms with Gasteiger partial charge in [0.15, 0.2) is 0 Å². The van der Waals surface area contributed by atoms with Crippen molar-refractivity contribution in [2.24, 2.45) is 0 Å². The zero-order valence-corrected chi connectivity index (χ0v) is 10.4. The number of rotatable bonds is 3. The summed E-state index contributed by atoms with van der Waals surface area (Å²) in [4.78, 5) is 15.0. The van der Waals surface area contributed by atoms with Gasteiger partial charge in [0, 0.05) is 11.9 Å². The van der Waals surface area contributed by atoms with Crippen LogP contribution >= 0.6 is 11.6 Å². The number of para-hydroxylation sites is 1. The number of hydrogen-bond acceptors (Lipinski definition) is 3. The Morgan fingerprint density at radius 3 is 2.78 bits per heavy atom. The lowest BCUT2D eigenvalue weighted by atomic mass is 10.2. The first kappa shape index (κ1) is 12.4. The quantitative estimate of drug-likeness (QED) is 0.889. The molecule has 92 valence electrons. The summed E-state index contributed by atoms with van der Waals surface area (Å²) in [5, 5.41) is 12.2. The maximum absolute atomic E-state index is 11.0. The summed E-state index contributed by atoms with van der Waals surface area (Å²) in [6, 6.07) is 9.08. The normalized spacial score (nSPS) is 10.1. The average molecular weight is 263 g/mol. The van der Waals surface area contributed by atoms with Crippen molar-refractivity contribution in [2.45, 2.75) is 6.92 Å². The molecule has 0 saturated carbocycles. The van der Waals surface area contributed by atoms with Gasteiger partial charge in [0.1, 0.15) is 5.82 Å². The van der Waals surface area contributed by atoms with Crippen molar-refractivity contribution in [3.63, 3.8) is 0 Å². The fourth-order valence-electron chi connectivity index (χ4n) is 1.52. The SMILES string of the molecule is Cc1ccccc1Nc1cc(C(=O)O)c(Cl)cn1. The largest absolute Gasteiger partial charge is 0.478 e. The van der Waals surface area contributed by atoms with E-state index in [1.165, 1.54) is 12.3 Å². The third kappa shape index (κ3) is 2.60. The highest BCUT2D eigenvalue weighted by molar-refractivity contribution is 6.33. The Morgan fingerprint density at radius 1 is 1.39 bits per heavy atom. The molecule has 0 aliphatic rings. The Kier molecular flexibility index (Phi) is 3.48. The van der Waals surface area contributed by atoms with Crippen LogP contribution in [-0.4, -0.2) is 16.1 Å². The van der Waals surface area contributed by atoms with Crippen LogP contribution in [0.15, 0.2) is 36.5 Å². The van der Waals surface area contributed by atoms with Gasteiger partial charge in [0.25, 0.3) is 0 Å². The van der Waals surface area contributed by atoms with Crippen LogP contribution in [0.5, 0.6) is 0 Å². The van der Waals surface area contributed by atoms with Gasteiger partial charge < -0.3 is 10.4 Å². The zero-order chi connectivity index (χ0) is 13.1. The van der Waals surface area contributed by atoms with E-state index in [9.17, 15) is 4.79 Å². The fraction of sp³-hybridized carbons (Fsp3) is 0.0769. The summed E-state index contributed by atoms with van der Waals surface area (Å²) in [6.07, 6.45) is 1.33. The number of aromatic carboxylic acids is 1. The Hall–Kier alpha value is -2.07. The molecule has 0 unspecified atom stereocenters. The molecule has 1 aromatic heterocycles. The number of benzene rings is 1. The van der Waals surface area contributed by atoms with Gasteiger partial charge in [-0.25, -0.2) is 9.78 Å². The summed E-state index contributed by atoms with van der Waals surface area (Å²) in [5.41, 5.74) is 1.96. The van der Waals surface area contributed by atoms with Crippen molar-refractivity contribution in [3.8, 4) is 0 Å². The van der Waals surface area contributed by atoms with E-state index in [1.807, 2.05) is 31.2 Å². The number of hydrogen-bond donors (Lipinski definition) is 2. The molecule has 1 heterocycles. The molecule has 0 bridgehead atoms. The van der Waals surface area contributed by atoms with Crippen molar-refractivity contribution in [2.75, 3.05) is 5.32 Å². The third-order valence-corrected chi connectivity index (χ3v) is 2.79. The molecular formula is C13H11ClN2O2. The molecule has 2 aromatic rings. The molecule has 2 N–H and O–H groups in total. The molecule has 0 aliphatic carbocycles. The second-order valence-corrected chi connectivity index (χ2v) is 4.20. The first-order valence-electron chi connectivity index (χ1n) is 5.29. The monoisotopic (exact) mass is 262 g/mol. The Morgan fingerprint density at radius 2 is 2.11 bits per heavy atom. The van der Waals surface area contributed by atoms with Crippen LogP contribution in [0.3, 0.4) is 0 Å². The van der Waals surface area contributed by atoms with E-state index >= 15 is 0 Å². The molecule has 0 spiro atoms. The minimum absolute atomic E-state index is 0.0303. The number of aryl methyl sites for hydroxylation is 1. The van der Waals surface area contributed by atoms with Gasteiger partial charge >= 0.3 is 5.97 Å². The summed E-state index contributed by atoms with van der Waals surface area (Å²) in [7, 11) is 0. The van der Waals surface area contributed by atoms with Gasteiger partial charge in [-0.1, -0.05) is 29.8 Å². The molecule has 1 aromatic carbocycles. The third-order valence-electron chi connectivity index (χ3n) is 2.49. The van der Waals surface area contributed by atoms with Crippen molar-refractivity contribution in [1.82, 2.24) is 4.98 Å². The van der Waals surface area contributed by atoms with Crippen LogP contribution in [0.25, 0.3) is 0 Å². The molecule has 0 aliphatic heterocycles. The molecular weight excluding hydrogens is 252 g/mol. The lowest BCUT2D eigenvalue weighted by Gasteiger charge is -2.09. The number of carbonyl (C=O) groups is 1. The zero-order valence-electron chi connectivity index (χ0n) is 9.64. The van der Waals surface area contributed by atoms with Gasteiger partial charge in [0.05, 0.1) is 10.6 Å². The molecule has 18 heavy (non-hydrogen) atoms. The van der Waals surface area contributed by atoms with Crippen molar-refractivity contribution in [3.05, 3.63) is 52.7 Å². The number of nitrogens with zero attached hydrogens (tertiary/aromatic N) is 1. The predicted octanol–water partition coefficient (Wildman–Crippen LogP) is 3.49. The van der Waals surface area contributed by atoms with E-state index < -0.39 is 5.97 Å². The van der Waals surface area contributed by atoms with Gasteiger partial charge in [-0.15, -0.1) is 0 Å². The Balaban J connectivity index is 2.33. The Labute approximate surface area is 109 Å². The topological polar surface area (TPSA) is 62.2 Å². The smallest absolute Gasteiger partial charge is 0.337 e. The maximum atomic E-state index is 11.0. The van der Waals surface area contributed by atoms with Crippen molar-refractivity contribution in [1.29, 1.82) is 0 Å². The van der Waals surface area contributed by atoms with E-state index in [1.54, 1.807) is 0 Å². The van der Waals surface area contributed by atoms with E-state index in [4.69, 9.17) is 16.7 Å². The molecule has 0 atom stereocenters. The van der Waals surface area contributed by atoms with Crippen LogP contribution < -0.4 is 5.32 Å². The second kappa shape index (κ2) is 5.06. The van der Waals surface area contributed by atoms with Gasteiger partial charge in [-0.05, 0) is 24.6 Å². The molecule has 0 saturated heterocycles. The molecule has 5 heteroatoms. The predicted molar refractivity (Wildman–Crippen MR) is 70.7 cm³/mol. The van der Waals surface area contributed by atoms with E-state index in [2.05, 4.69) is 10.3 Å². The van der Waals surface area contributed by atoms with Crippen LogP contribution in [0.1, 0.15) is 15.9 Å². The minimum Gasteiger partial charge on any atom is -0.478 e. The number of carboxylic acids is 1. The van der Waals surface area contributed by atoms with E-state index in [-0.39, 0.29) is 10.6 Å². The molecule has 0 amide bonds. The van der Waals surface area contributed by atoms with Gasteiger partial charge in [0.2, 0.25) is 0 Å². The van der Waals surface area contributed by atoms with Crippen LogP contribution in [0.2, 0.25) is 5.02 Å². The number of pyridine rings is 1. The lowest BCUT2D eigenvalue weighted by Crippen LogP contribution is -2.01. The first-order valence-corrected chi connectivity index (χ1v) is 5.67.